The summed E-state index contributed by atoms with van der Waals surface area (Å²) < 4.78 is 29.9. The van der Waals surface area contributed by atoms with Gasteiger partial charge in [0.15, 0.2) is 11.6 Å². The van der Waals surface area contributed by atoms with E-state index in [1.165, 1.54) is 23.3 Å². The van der Waals surface area contributed by atoms with Crippen LogP contribution in [0.3, 0.4) is 0 Å². The van der Waals surface area contributed by atoms with Crippen LogP contribution in [0.25, 0.3) is 54.9 Å². The van der Waals surface area contributed by atoms with Crippen LogP contribution in [0.4, 0.5) is 8.78 Å². The van der Waals surface area contributed by atoms with E-state index in [1.807, 2.05) is 42.5 Å². The van der Waals surface area contributed by atoms with Crippen molar-refractivity contribution in [1.29, 1.82) is 0 Å². The SMILES string of the molecule is CC1(C)c2ccccc2-c2c(-c3cc(F)c(F)cc3-c3cc4ccccc4c4ccccc34)cccc21. The maximum Gasteiger partial charge on any atom is 0.159 e. The Morgan fingerprint density at radius 3 is 1.81 bits per heavy atom. The van der Waals surface area contributed by atoms with Crippen molar-refractivity contribution in [3.8, 4) is 33.4 Å². The van der Waals surface area contributed by atoms with E-state index >= 15 is 0 Å². The highest BCUT2D eigenvalue weighted by atomic mass is 19.2. The number of fused-ring (bicyclic) bond motifs is 6. The predicted molar refractivity (Wildman–Crippen MR) is 150 cm³/mol. The second kappa shape index (κ2) is 7.85. The summed E-state index contributed by atoms with van der Waals surface area (Å²) in [5.41, 5.74) is 7.71. The number of hydrogen-bond acceptors (Lipinski definition) is 0. The molecule has 0 saturated carbocycles. The Morgan fingerprint density at radius 2 is 1.03 bits per heavy atom. The molecule has 7 rings (SSSR count). The van der Waals surface area contributed by atoms with Crippen molar-refractivity contribution < 1.29 is 8.78 Å². The molecule has 0 aromatic heterocycles. The molecule has 0 atom stereocenters. The third-order valence-electron chi connectivity index (χ3n) is 8.02. The first-order chi connectivity index (χ1) is 17.9. The summed E-state index contributed by atoms with van der Waals surface area (Å²) in [5.74, 6) is -1.68. The van der Waals surface area contributed by atoms with Gasteiger partial charge in [-0.05, 0) is 84.3 Å². The zero-order chi connectivity index (χ0) is 25.3. The summed E-state index contributed by atoms with van der Waals surface area (Å²) in [6, 6.07) is 35.9. The van der Waals surface area contributed by atoms with E-state index < -0.39 is 11.6 Å². The Kier molecular flexibility index (Phi) is 4.65. The third-order valence-corrected chi connectivity index (χ3v) is 8.02. The molecule has 6 aromatic rings. The monoisotopic (exact) mass is 482 g/mol. The van der Waals surface area contributed by atoms with Gasteiger partial charge < -0.3 is 0 Å². The zero-order valence-electron chi connectivity index (χ0n) is 20.6. The van der Waals surface area contributed by atoms with E-state index in [9.17, 15) is 8.78 Å². The smallest absolute Gasteiger partial charge is 0.159 e. The number of halogens is 2. The number of hydrogen-bond donors (Lipinski definition) is 0. The minimum absolute atomic E-state index is 0.184. The van der Waals surface area contributed by atoms with Gasteiger partial charge in [-0.15, -0.1) is 0 Å². The topological polar surface area (TPSA) is 0 Å². The first-order valence-electron chi connectivity index (χ1n) is 12.6. The van der Waals surface area contributed by atoms with Crippen LogP contribution in [0.1, 0.15) is 25.0 Å². The van der Waals surface area contributed by atoms with Crippen LogP contribution in [0.2, 0.25) is 0 Å². The second-order valence-corrected chi connectivity index (χ2v) is 10.4. The molecule has 0 bridgehead atoms. The lowest BCUT2D eigenvalue weighted by molar-refractivity contribution is 0.509. The molecule has 0 aliphatic heterocycles. The van der Waals surface area contributed by atoms with Crippen molar-refractivity contribution >= 4 is 21.5 Å². The van der Waals surface area contributed by atoms with Crippen molar-refractivity contribution in [2.24, 2.45) is 0 Å². The van der Waals surface area contributed by atoms with Crippen molar-refractivity contribution in [2.75, 3.05) is 0 Å². The highest BCUT2D eigenvalue weighted by Crippen LogP contribution is 2.53. The molecule has 0 amide bonds. The van der Waals surface area contributed by atoms with Gasteiger partial charge in [-0.3, -0.25) is 0 Å². The first-order valence-corrected chi connectivity index (χ1v) is 12.6. The van der Waals surface area contributed by atoms with Gasteiger partial charge in [-0.1, -0.05) is 105 Å². The molecule has 0 fully saturated rings. The van der Waals surface area contributed by atoms with Gasteiger partial charge in [-0.25, -0.2) is 8.78 Å². The fourth-order valence-corrected chi connectivity index (χ4v) is 6.25. The highest BCUT2D eigenvalue weighted by molar-refractivity contribution is 6.15. The minimum atomic E-state index is -0.843. The van der Waals surface area contributed by atoms with E-state index in [0.29, 0.717) is 11.1 Å². The van der Waals surface area contributed by atoms with Gasteiger partial charge in [0.25, 0.3) is 0 Å². The van der Waals surface area contributed by atoms with Crippen LogP contribution in [0.5, 0.6) is 0 Å². The van der Waals surface area contributed by atoms with Gasteiger partial charge in [0, 0.05) is 5.41 Å². The molecule has 6 aromatic carbocycles. The predicted octanol–water partition coefficient (Wildman–Crippen LogP) is 9.91. The molecule has 0 heterocycles. The molecule has 0 spiro atoms. The molecule has 0 N–H and O–H groups in total. The average molecular weight is 483 g/mol. The number of rotatable bonds is 2. The van der Waals surface area contributed by atoms with E-state index in [2.05, 4.69) is 68.4 Å². The summed E-state index contributed by atoms with van der Waals surface area (Å²) in [5, 5.41) is 4.32. The summed E-state index contributed by atoms with van der Waals surface area (Å²) in [4.78, 5) is 0. The van der Waals surface area contributed by atoms with Gasteiger partial charge >= 0.3 is 0 Å². The van der Waals surface area contributed by atoms with Gasteiger partial charge in [0.2, 0.25) is 0 Å². The third kappa shape index (κ3) is 3.12. The molecule has 0 saturated heterocycles. The Labute approximate surface area is 214 Å². The fraction of sp³-hybridized carbons (Fsp3) is 0.0857. The van der Waals surface area contributed by atoms with Crippen molar-refractivity contribution in [3.63, 3.8) is 0 Å². The maximum absolute atomic E-state index is 15.0. The van der Waals surface area contributed by atoms with Crippen LogP contribution in [0, 0.1) is 11.6 Å². The van der Waals surface area contributed by atoms with Crippen molar-refractivity contribution in [3.05, 3.63) is 132 Å². The lowest BCUT2D eigenvalue weighted by Crippen LogP contribution is -2.14. The molecule has 0 nitrogen and oxygen atoms in total. The molecular weight excluding hydrogens is 458 g/mol. The maximum atomic E-state index is 15.0. The molecule has 1 aliphatic carbocycles. The van der Waals surface area contributed by atoms with Gasteiger partial charge in [0.1, 0.15) is 0 Å². The van der Waals surface area contributed by atoms with E-state index in [0.717, 1.165) is 43.8 Å². The summed E-state index contributed by atoms with van der Waals surface area (Å²) in [6.07, 6.45) is 0. The van der Waals surface area contributed by atoms with Crippen molar-refractivity contribution in [2.45, 2.75) is 19.3 Å². The van der Waals surface area contributed by atoms with E-state index in [-0.39, 0.29) is 5.41 Å². The van der Waals surface area contributed by atoms with Gasteiger partial charge in [-0.2, -0.15) is 0 Å². The van der Waals surface area contributed by atoms with Crippen LogP contribution >= 0.6 is 0 Å². The largest absolute Gasteiger partial charge is 0.204 e. The van der Waals surface area contributed by atoms with Crippen LogP contribution in [0.15, 0.2) is 109 Å². The standard InChI is InChI=1S/C35H24F2/c1-35(2)30-16-8-7-14-26(30)34-25(15-9-17-31(34)35)28-19-32(36)33(37)20-29(28)27-18-21-10-3-4-11-22(21)23-12-5-6-13-24(23)27/h3-20H,1-2H3. The summed E-state index contributed by atoms with van der Waals surface area (Å²) >= 11 is 0. The quantitative estimate of drug-likeness (QED) is 0.215. The molecular formula is C35H24F2. The van der Waals surface area contributed by atoms with Gasteiger partial charge in [0.05, 0.1) is 0 Å². The van der Waals surface area contributed by atoms with Crippen LogP contribution in [-0.4, -0.2) is 0 Å². The van der Waals surface area contributed by atoms with Crippen LogP contribution < -0.4 is 0 Å². The molecule has 0 radical (unpaired) electrons. The second-order valence-electron chi connectivity index (χ2n) is 10.4. The Balaban J connectivity index is 1.60. The van der Waals surface area contributed by atoms with Crippen LogP contribution in [-0.2, 0) is 5.41 Å². The normalized spacial score (nSPS) is 13.6. The molecule has 178 valence electrons. The Bertz CT molecular complexity index is 1880. The minimum Gasteiger partial charge on any atom is -0.204 e. The lowest BCUT2D eigenvalue weighted by atomic mass is 9.81. The Hall–Kier alpha value is -4.30. The van der Waals surface area contributed by atoms with Crippen molar-refractivity contribution in [1.82, 2.24) is 0 Å². The zero-order valence-corrected chi connectivity index (χ0v) is 20.6. The molecule has 37 heavy (non-hydrogen) atoms. The fourth-order valence-electron chi connectivity index (χ4n) is 6.25. The Morgan fingerprint density at radius 1 is 0.459 bits per heavy atom. The summed E-state index contributed by atoms with van der Waals surface area (Å²) in [7, 11) is 0. The summed E-state index contributed by atoms with van der Waals surface area (Å²) in [6.45, 7) is 4.45. The number of benzene rings is 6. The molecule has 0 unspecified atom stereocenters. The average Bonchev–Trinajstić information content (AvgIpc) is 3.16. The molecule has 2 heteroatoms. The van der Waals surface area contributed by atoms with E-state index in [4.69, 9.17) is 0 Å². The lowest BCUT2D eigenvalue weighted by Gasteiger charge is -2.22. The first kappa shape index (κ1) is 21.9. The van der Waals surface area contributed by atoms with E-state index in [1.54, 1.807) is 0 Å². The molecule has 1 aliphatic rings. The highest BCUT2D eigenvalue weighted by Gasteiger charge is 2.37.